The first kappa shape index (κ1) is 14.4. The van der Waals surface area contributed by atoms with Crippen molar-refractivity contribution < 1.29 is 13.5 Å². The SMILES string of the molecule is COc1ccc(CNCC(F)(F)c2ccccc2)cn1. The van der Waals surface area contributed by atoms with Gasteiger partial charge >= 0.3 is 0 Å². The average Bonchev–Trinajstić information content (AvgIpc) is 2.49. The lowest BCUT2D eigenvalue weighted by Gasteiger charge is -2.17. The Hall–Kier alpha value is -2.01. The van der Waals surface area contributed by atoms with E-state index in [2.05, 4.69) is 10.3 Å². The quantitative estimate of drug-likeness (QED) is 0.882. The molecule has 3 nitrogen and oxygen atoms in total. The molecule has 0 saturated carbocycles. The van der Waals surface area contributed by atoms with Gasteiger partial charge in [-0.05, 0) is 5.56 Å². The maximum Gasteiger partial charge on any atom is 0.285 e. The molecule has 1 N–H and O–H groups in total. The monoisotopic (exact) mass is 278 g/mol. The van der Waals surface area contributed by atoms with Crippen LogP contribution in [0.4, 0.5) is 8.78 Å². The van der Waals surface area contributed by atoms with Crippen molar-refractivity contribution in [3.63, 3.8) is 0 Å². The van der Waals surface area contributed by atoms with Crippen molar-refractivity contribution in [2.75, 3.05) is 13.7 Å². The average molecular weight is 278 g/mol. The topological polar surface area (TPSA) is 34.1 Å². The van der Waals surface area contributed by atoms with Gasteiger partial charge in [0.25, 0.3) is 5.92 Å². The maximum atomic E-state index is 13.9. The lowest BCUT2D eigenvalue weighted by atomic mass is 10.1. The number of methoxy groups -OCH3 is 1. The van der Waals surface area contributed by atoms with Crippen LogP contribution in [0.1, 0.15) is 11.1 Å². The first-order valence-electron chi connectivity index (χ1n) is 6.25. The highest BCUT2D eigenvalue weighted by Gasteiger charge is 2.30. The van der Waals surface area contributed by atoms with Gasteiger partial charge in [0.1, 0.15) is 0 Å². The molecular formula is C15H16F2N2O. The molecule has 0 unspecified atom stereocenters. The molecule has 20 heavy (non-hydrogen) atoms. The third-order valence-electron chi connectivity index (χ3n) is 2.88. The highest BCUT2D eigenvalue weighted by Crippen LogP contribution is 2.26. The predicted octanol–water partition coefficient (Wildman–Crippen LogP) is 2.97. The number of hydrogen-bond donors (Lipinski definition) is 1. The molecule has 0 atom stereocenters. The van der Waals surface area contributed by atoms with Gasteiger partial charge in [-0.25, -0.2) is 4.98 Å². The molecule has 0 amide bonds. The summed E-state index contributed by atoms with van der Waals surface area (Å²) >= 11 is 0. The molecule has 2 rings (SSSR count). The van der Waals surface area contributed by atoms with Gasteiger partial charge in [-0.2, -0.15) is 8.78 Å². The normalized spacial score (nSPS) is 11.3. The Balaban J connectivity index is 1.88. The van der Waals surface area contributed by atoms with E-state index < -0.39 is 12.5 Å². The number of aromatic nitrogens is 1. The molecule has 0 aliphatic rings. The van der Waals surface area contributed by atoms with Crippen LogP contribution in [-0.4, -0.2) is 18.6 Å². The number of nitrogens with one attached hydrogen (secondary N) is 1. The first-order valence-corrected chi connectivity index (χ1v) is 6.25. The van der Waals surface area contributed by atoms with Gasteiger partial charge in [-0.3, -0.25) is 0 Å². The van der Waals surface area contributed by atoms with Gasteiger partial charge in [-0.1, -0.05) is 36.4 Å². The number of nitrogens with zero attached hydrogens (tertiary/aromatic N) is 1. The molecule has 0 radical (unpaired) electrons. The molecule has 0 spiro atoms. The third-order valence-corrected chi connectivity index (χ3v) is 2.88. The predicted molar refractivity (Wildman–Crippen MR) is 72.8 cm³/mol. The number of benzene rings is 1. The van der Waals surface area contributed by atoms with Crippen molar-refractivity contribution in [3.8, 4) is 5.88 Å². The van der Waals surface area contributed by atoms with Crippen LogP contribution in [0.3, 0.4) is 0 Å². The molecule has 0 aliphatic carbocycles. The molecule has 0 bridgehead atoms. The number of halogens is 2. The Labute approximate surface area is 116 Å². The fourth-order valence-corrected chi connectivity index (χ4v) is 1.78. The summed E-state index contributed by atoms with van der Waals surface area (Å²) in [5, 5.41) is 2.75. The van der Waals surface area contributed by atoms with E-state index >= 15 is 0 Å². The van der Waals surface area contributed by atoms with Crippen LogP contribution in [0.25, 0.3) is 0 Å². The van der Waals surface area contributed by atoms with E-state index in [4.69, 9.17) is 4.74 Å². The smallest absolute Gasteiger partial charge is 0.285 e. The summed E-state index contributed by atoms with van der Waals surface area (Å²) in [6, 6.07) is 11.3. The van der Waals surface area contributed by atoms with Gasteiger partial charge in [0.15, 0.2) is 0 Å². The Morgan fingerprint density at radius 3 is 2.50 bits per heavy atom. The summed E-state index contributed by atoms with van der Waals surface area (Å²) in [5.74, 6) is -2.38. The van der Waals surface area contributed by atoms with Crippen LogP contribution < -0.4 is 10.1 Å². The van der Waals surface area contributed by atoms with Crippen LogP contribution in [0, 0.1) is 0 Å². The van der Waals surface area contributed by atoms with Crippen LogP contribution in [0.15, 0.2) is 48.7 Å². The van der Waals surface area contributed by atoms with Crippen molar-refractivity contribution in [2.45, 2.75) is 12.5 Å². The summed E-state index contributed by atoms with van der Waals surface area (Å²) in [6.45, 7) is -0.0809. The van der Waals surface area contributed by atoms with Crippen LogP contribution in [0.2, 0.25) is 0 Å². The van der Waals surface area contributed by atoms with Crippen molar-refractivity contribution in [3.05, 3.63) is 59.8 Å². The van der Waals surface area contributed by atoms with Crippen molar-refractivity contribution in [1.82, 2.24) is 10.3 Å². The Morgan fingerprint density at radius 1 is 1.15 bits per heavy atom. The minimum Gasteiger partial charge on any atom is -0.481 e. The van der Waals surface area contributed by atoms with E-state index in [0.717, 1.165) is 5.56 Å². The van der Waals surface area contributed by atoms with E-state index in [1.165, 1.54) is 19.2 Å². The van der Waals surface area contributed by atoms with Crippen molar-refractivity contribution >= 4 is 0 Å². The Kier molecular flexibility index (Phi) is 4.63. The Morgan fingerprint density at radius 2 is 1.90 bits per heavy atom. The van der Waals surface area contributed by atoms with Gasteiger partial charge in [0.2, 0.25) is 5.88 Å². The molecule has 1 heterocycles. The van der Waals surface area contributed by atoms with E-state index in [0.29, 0.717) is 12.4 Å². The second-order valence-electron chi connectivity index (χ2n) is 4.38. The minimum atomic E-state index is -2.89. The van der Waals surface area contributed by atoms with E-state index in [1.54, 1.807) is 36.5 Å². The molecule has 1 aromatic heterocycles. The zero-order chi connectivity index (χ0) is 14.4. The summed E-state index contributed by atoms with van der Waals surface area (Å²) < 4.78 is 32.7. The van der Waals surface area contributed by atoms with Gasteiger partial charge < -0.3 is 10.1 Å². The number of pyridine rings is 1. The number of rotatable bonds is 6. The number of ether oxygens (including phenoxy) is 1. The van der Waals surface area contributed by atoms with Crippen molar-refractivity contribution in [2.24, 2.45) is 0 Å². The highest BCUT2D eigenvalue weighted by molar-refractivity contribution is 5.21. The van der Waals surface area contributed by atoms with E-state index in [9.17, 15) is 8.78 Å². The van der Waals surface area contributed by atoms with Crippen LogP contribution >= 0.6 is 0 Å². The second-order valence-corrected chi connectivity index (χ2v) is 4.38. The number of hydrogen-bond acceptors (Lipinski definition) is 3. The summed E-state index contributed by atoms with van der Waals surface area (Å²) in [6.07, 6.45) is 1.60. The first-order chi connectivity index (χ1) is 9.62. The molecule has 0 aliphatic heterocycles. The maximum absolute atomic E-state index is 13.9. The fraction of sp³-hybridized carbons (Fsp3) is 0.267. The molecule has 106 valence electrons. The molecule has 0 fully saturated rings. The van der Waals surface area contributed by atoms with E-state index in [1.807, 2.05) is 0 Å². The summed E-state index contributed by atoms with van der Waals surface area (Å²) in [7, 11) is 1.53. The van der Waals surface area contributed by atoms with Gasteiger partial charge in [-0.15, -0.1) is 0 Å². The largest absolute Gasteiger partial charge is 0.481 e. The zero-order valence-electron chi connectivity index (χ0n) is 11.1. The zero-order valence-corrected chi connectivity index (χ0v) is 11.1. The summed E-state index contributed by atoms with van der Waals surface area (Å²) in [5.41, 5.74) is 0.843. The number of alkyl halides is 2. The standard InChI is InChI=1S/C15H16F2N2O/c1-20-14-8-7-12(10-19-14)9-18-11-15(16,17)13-5-3-2-4-6-13/h2-8,10,18H,9,11H2,1H3. The Bertz CT molecular complexity index is 529. The van der Waals surface area contributed by atoms with Gasteiger partial charge in [0.05, 0.1) is 13.7 Å². The molecule has 5 heteroatoms. The molecule has 1 aromatic carbocycles. The molecule has 0 saturated heterocycles. The highest BCUT2D eigenvalue weighted by atomic mass is 19.3. The second kappa shape index (κ2) is 6.43. The minimum absolute atomic E-state index is 0.0142. The summed E-state index contributed by atoms with van der Waals surface area (Å²) in [4.78, 5) is 4.02. The lowest BCUT2D eigenvalue weighted by molar-refractivity contribution is -0.00344. The van der Waals surface area contributed by atoms with Crippen molar-refractivity contribution in [1.29, 1.82) is 0 Å². The van der Waals surface area contributed by atoms with Crippen LogP contribution in [-0.2, 0) is 12.5 Å². The molecular weight excluding hydrogens is 262 g/mol. The van der Waals surface area contributed by atoms with Crippen LogP contribution in [0.5, 0.6) is 5.88 Å². The van der Waals surface area contributed by atoms with Gasteiger partial charge in [0, 0.05) is 24.4 Å². The van der Waals surface area contributed by atoms with E-state index in [-0.39, 0.29) is 5.56 Å². The molecule has 2 aromatic rings. The third kappa shape index (κ3) is 3.74. The lowest BCUT2D eigenvalue weighted by Crippen LogP contribution is -2.30. The fourth-order valence-electron chi connectivity index (χ4n) is 1.78.